The first-order valence-electron chi connectivity index (χ1n) is 9.02. The largest absolute Gasteiger partial charge is 0.369 e. The Kier molecular flexibility index (Phi) is 5.34. The molecular formula is C20H26N4O. The summed E-state index contributed by atoms with van der Waals surface area (Å²) in [5.74, 6) is 0.682. The number of anilines is 1. The minimum Gasteiger partial charge on any atom is -0.369 e. The predicted molar refractivity (Wildman–Crippen MR) is 106 cm³/mol. The molecule has 132 valence electrons. The minimum absolute atomic E-state index is 0.0306. The standard InChI is InChI=1S/C20H26N4O/c1-4-24(5-2)12-8-11-21-20-18-17(13-14(3)22-20)23-16-10-7-6-9-15(16)19(18)25/h6-7,9-10,13H,4-5,8,11-12H2,1-3H3,(H,21,22)(H,23,25). The van der Waals surface area contributed by atoms with Gasteiger partial charge in [0, 0.05) is 23.1 Å². The fraction of sp³-hybridized carbons (Fsp3) is 0.400. The van der Waals surface area contributed by atoms with Crippen molar-refractivity contribution >= 4 is 27.6 Å². The van der Waals surface area contributed by atoms with E-state index in [0.717, 1.165) is 49.3 Å². The summed E-state index contributed by atoms with van der Waals surface area (Å²) in [5.41, 5.74) is 2.62. The molecule has 1 aromatic carbocycles. The Morgan fingerprint density at radius 1 is 1.16 bits per heavy atom. The average Bonchev–Trinajstić information content (AvgIpc) is 2.61. The van der Waals surface area contributed by atoms with Crippen molar-refractivity contribution in [3.05, 3.63) is 46.2 Å². The number of rotatable bonds is 7. The van der Waals surface area contributed by atoms with E-state index in [1.54, 1.807) is 0 Å². The number of aryl methyl sites for hydroxylation is 1. The molecular weight excluding hydrogens is 312 g/mol. The minimum atomic E-state index is 0.0306. The van der Waals surface area contributed by atoms with Crippen LogP contribution in [0.5, 0.6) is 0 Å². The number of fused-ring (bicyclic) bond motifs is 2. The summed E-state index contributed by atoms with van der Waals surface area (Å²) in [7, 11) is 0. The molecule has 3 rings (SSSR count). The van der Waals surface area contributed by atoms with Crippen molar-refractivity contribution in [2.24, 2.45) is 0 Å². The SMILES string of the molecule is CCN(CC)CCCNc1nc(C)cc2[nH]c3ccccc3c(=O)c12. The van der Waals surface area contributed by atoms with Crippen LogP contribution in [0.15, 0.2) is 35.1 Å². The van der Waals surface area contributed by atoms with Gasteiger partial charge in [0.2, 0.25) is 5.43 Å². The van der Waals surface area contributed by atoms with Crippen molar-refractivity contribution in [2.45, 2.75) is 27.2 Å². The van der Waals surface area contributed by atoms with Gasteiger partial charge >= 0.3 is 0 Å². The third-order valence-corrected chi connectivity index (χ3v) is 4.65. The van der Waals surface area contributed by atoms with E-state index in [1.165, 1.54) is 0 Å². The Bertz CT molecular complexity index is 928. The van der Waals surface area contributed by atoms with Gasteiger partial charge in [-0.05, 0) is 51.2 Å². The van der Waals surface area contributed by atoms with Gasteiger partial charge in [-0.1, -0.05) is 26.0 Å². The van der Waals surface area contributed by atoms with Crippen molar-refractivity contribution in [3.8, 4) is 0 Å². The summed E-state index contributed by atoms with van der Waals surface area (Å²) < 4.78 is 0. The second-order valence-corrected chi connectivity index (χ2v) is 6.34. The third-order valence-electron chi connectivity index (χ3n) is 4.65. The van der Waals surface area contributed by atoms with E-state index in [9.17, 15) is 4.79 Å². The van der Waals surface area contributed by atoms with Crippen LogP contribution in [0, 0.1) is 6.92 Å². The van der Waals surface area contributed by atoms with Crippen molar-refractivity contribution in [1.82, 2.24) is 14.9 Å². The summed E-state index contributed by atoms with van der Waals surface area (Å²) in [6.45, 7) is 10.3. The molecule has 25 heavy (non-hydrogen) atoms. The summed E-state index contributed by atoms with van der Waals surface area (Å²) in [6.07, 6.45) is 1.02. The zero-order valence-corrected chi connectivity index (χ0v) is 15.2. The van der Waals surface area contributed by atoms with E-state index in [4.69, 9.17) is 0 Å². The molecule has 0 atom stereocenters. The molecule has 0 fully saturated rings. The van der Waals surface area contributed by atoms with Crippen LogP contribution in [0.4, 0.5) is 5.82 Å². The van der Waals surface area contributed by atoms with E-state index in [2.05, 4.69) is 34.0 Å². The smallest absolute Gasteiger partial charge is 0.200 e. The van der Waals surface area contributed by atoms with Gasteiger partial charge in [-0.25, -0.2) is 4.98 Å². The molecule has 0 bridgehead atoms. The zero-order chi connectivity index (χ0) is 17.8. The van der Waals surface area contributed by atoms with E-state index in [1.807, 2.05) is 37.3 Å². The molecule has 0 unspecified atom stereocenters. The van der Waals surface area contributed by atoms with Crippen LogP contribution in [0.1, 0.15) is 26.0 Å². The lowest BCUT2D eigenvalue weighted by Gasteiger charge is -2.18. The zero-order valence-electron chi connectivity index (χ0n) is 15.2. The molecule has 5 nitrogen and oxygen atoms in total. The van der Waals surface area contributed by atoms with E-state index >= 15 is 0 Å². The number of H-pyrrole nitrogens is 1. The summed E-state index contributed by atoms with van der Waals surface area (Å²) in [5, 5.41) is 4.73. The Balaban J connectivity index is 1.92. The van der Waals surface area contributed by atoms with Crippen LogP contribution in [-0.4, -0.2) is 41.0 Å². The van der Waals surface area contributed by atoms with E-state index in [0.29, 0.717) is 16.6 Å². The number of hydrogen-bond acceptors (Lipinski definition) is 4. The maximum atomic E-state index is 12.9. The lowest BCUT2D eigenvalue weighted by Crippen LogP contribution is -2.25. The monoisotopic (exact) mass is 338 g/mol. The highest BCUT2D eigenvalue weighted by Gasteiger charge is 2.11. The molecule has 0 aliphatic heterocycles. The van der Waals surface area contributed by atoms with Crippen LogP contribution >= 0.6 is 0 Å². The quantitative estimate of drug-likeness (QED) is 0.511. The number of para-hydroxylation sites is 1. The Morgan fingerprint density at radius 3 is 2.68 bits per heavy atom. The Morgan fingerprint density at radius 2 is 1.92 bits per heavy atom. The number of nitrogens with one attached hydrogen (secondary N) is 2. The van der Waals surface area contributed by atoms with Crippen molar-refractivity contribution in [3.63, 3.8) is 0 Å². The molecule has 2 heterocycles. The molecule has 0 spiro atoms. The molecule has 2 aromatic heterocycles. The van der Waals surface area contributed by atoms with Gasteiger partial charge in [-0.2, -0.15) is 0 Å². The highest BCUT2D eigenvalue weighted by molar-refractivity contribution is 5.97. The highest BCUT2D eigenvalue weighted by atomic mass is 16.1. The molecule has 2 N–H and O–H groups in total. The summed E-state index contributed by atoms with van der Waals surface area (Å²) in [4.78, 5) is 23.3. The first-order chi connectivity index (χ1) is 12.1. The number of hydrogen-bond donors (Lipinski definition) is 2. The molecule has 0 aliphatic carbocycles. The van der Waals surface area contributed by atoms with Crippen LogP contribution in [0.2, 0.25) is 0 Å². The fourth-order valence-electron chi connectivity index (χ4n) is 3.25. The topological polar surface area (TPSA) is 61.0 Å². The van der Waals surface area contributed by atoms with Crippen LogP contribution < -0.4 is 10.7 Å². The maximum absolute atomic E-state index is 12.9. The van der Waals surface area contributed by atoms with Gasteiger partial charge in [0.25, 0.3) is 0 Å². The Hall–Kier alpha value is -2.40. The summed E-state index contributed by atoms with van der Waals surface area (Å²) in [6, 6.07) is 9.55. The maximum Gasteiger partial charge on any atom is 0.200 e. The number of nitrogens with zero attached hydrogens (tertiary/aromatic N) is 2. The first kappa shape index (κ1) is 17.4. The first-order valence-corrected chi connectivity index (χ1v) is 9.02. The normalized spacial score (nSPS) is 11.5. The van der Waals surface area contributed by atoms with Gasteiger partial charge < -0.3 is 15.2 Å². The van der Waals surface area contributed by atoms with E-state index in [-0.39, 0.29) is 5.43 Å². The molecule has 5 heteroatoms. The molecule has 0 saturated heterocycles. The van der Waals surface area contributed by atoms with Crippen molar-refractivity contribution in [1.29, 1.82) is 0 Å². The lowest BCUT2D eigenvalue weighted by molar-refractivity contribution is 0.303. The Labute approximate surface area is 148 Å². The average molecular weight is 338 g/mol. The van der Waals surface area contributed by atoms with Gasteiger partial charge in [-0.3, -0.25) is 4.79 Å². The van der Waals surface area contributed by atoms with Crippen molar-refractivity contribution in [2.75, 3.05) is 31.5 Å². The number of benzene rings is 1. The predicted octanol–water partition coefficient (Wildman–Crippen LogP) is 3.53. The van der Waals surface area contributed by atoms with Gasteiger partial charge in [0.05, 0.1) is 10.9 Å². The molecule has 0 saturated carbocycles. The summed E-state index contributed by atoms with van der Waals surface area (Å²) >= 11 is 0. The van der Waals surface area contributed by atoms with Crippen LogP contribution in [0.3, 0.4) is 0 Å². The van der Waals surface area contributed by atoms with Gasteiger partial charge in [-0.15, -0.1) is 0 Å². The van der Waals surface area contributed by atoms with Crippen LogP contribution in [0.25, 0.3) is 21.8 Å². The van der Waals surface area contributed by atoms with Gasteiger partial charge in [0.1, 0.15) is 5.82 Å². The highest BCUT2D eigenvalue weighted by Crippen LogP contribution is 2.21. The molecule has 0 amide bonds. The lowest BCUT2D eigenvalue weighted by atomic mass is 10.1. The molecule has 3 aromatic rings. The third kappa shape index (κ3) is 3.66. The number of aromatic amines is 1. The second kappa shape index (κ2) is 7.66. The second-order valence-electron chi connectivity index (χ2n) is 6.34. The number of aromatic nitrogens is 2. The van der Waals surface area contributed by atoms with Gasteiger partial charge in [0.15, 0.2) is 0 Å². The molecule has 0 aliphatic rings. The number of pyridine rings is 2. The van der Waals surface area contributed by atoms with Crippen molar-refractivity contribution < 1.29 is 0 Å². The fourth-order valence-corrected chi connectivity index (χ4v) is 3.25. The van der Waals surface area contributed by atoms with E-state index < -0.39 is 0 Å². The van der Waals surface area contributed by atoms with Crippen LogP contribution in [-0.2, 0) is 0 Å². The molecule has 0 radical (unpaired) electrons.